The second-order valence-electron chi connectivity index (χ2n) is 4.90. The van der Waals surface area contributed by atoms with E-state index in [1.165, 1.54) is 6.92 Å². The van der Waals surface area contributed by atoms with E-state index >= 15 is 0 Å². The third kappa shape index (κ3) is 5.38. The van der Waals surface area contributed by atoms with Gasteiger partial charge in [0, 0.05) is 6.54 Å². The zero-order valence-corrected chi connectivity index (χ0v) is 11.9. The van der Waals surface area contributed by atoms with Gasteiger partial charge in [0.1, 0.15) is 5.54 Å². The van der Waals surface area contributed by atoms with Gasteiger partial charge in [-0.2, -0.15) is 0 Å². The van der Waals surface area contributed by atoms with Crippen LogP contribution in [0.25, 0.3) is 0 Å². The highest BCUT2D eigenvalue weighted by molar-refractivity contribution is 5.85. The number of carboxylic acid groups (broad SMARTS) is 1. The minimum Gasteiger partial charge on any atom is -0.480 e. The maximum atomic E-state index is 11.7. The van der Waals surface area contributed by atoms with E-state index in [9.17, 15) is 9.59 Å². The van der Waals surface area contributed by atoms with E-state index in [1.807, 2.05) is 6.92 Å². The van der Waals surface area contributed by atoms with Gasteiger partial charge in [0.15, 0.2) is 0 Å². The average molecular weight is 258 g/mol. The third-order valence-electron chi connectivity index (χ3n) is 3.32. The summed E-state index contributed by atoms with van der Waals surface area (Å²) in [7, 11) is 0. The monoisotopic (exact) mass is 258 g/mol. The molecule has 1 atom stereocenters. The molecule has 0 aliphatic heterocycles. The lowest BCUT2D eigenvalue weighted by atomic mass is 9.96. The summed E-state index contributed by atoms with van der Waals surface area (Å²) in [6.45, 7) is 8.17. The van der Waals surface area contributed by atoms with Crippen LogP contribution in [0.3, 0.4) is 0 Å². The molecule has 0 saturated heterocycles. The number of urea groups is 1. The van der Waals surface area contributed by atoms with Crippen LogP contribution in [0.2, 0.25) is 0 Å². The number of hydrogen-bond acceptors (Lipinski definition) is 2. The highest BCUT2D eigenvalue weighted by Crippen LogP contribution is 2.12. The Hall–Kier alpha value is -1.26. The minimum absolute atomic E-state index is 0.403. The van der Waals surface area contributed by atoms with Crippen molar-refractivity contribution >= 4 is 12.0 Å². The van der Waals surface area contributed by atoms with Gasteiger partial charge in [-0.15, -0.1) is 0 Å². The Balaban J connectivity index is 4.31. The topological polar surface area (TPSA) is 78.4 Å². The Bertz CT molecular complexity index is 277. The van der Waals surface area contributed by atoms with Crippen LogP contribution >= 0.6 is 0 Å². The number of carboxylic acids is 1. The molecule has 5 nitrogen and oxygen atoms in total. The van der Waals surface area contributed by atoms with Crippen molar-refractivity contribution in [2.45, 2.75) is 58.9 Å². The van der Waals surface area contributed by atoms with Gasteiger partial charge in [0.25, 0.3) is 0 Å². The zero-order valence-electron chi connectivity index (χ0n) is 11.9. The van der Waals surface area contributed by atoms with Crippen LogP contribution in [0, 0.1) is 5.92 Å². The van der Waals surface area contributed by atoms with Crippen molar-refractivity contribution in [3.05, 3.63) is 0 Å². The number of aliphatic carboxylic acids is 1. The summed E-state index contributed by atoms with van der Waals surface area (Å²) in [5.41, 5.74) is -1.19. The lowest BCUT2D eigenvalue weighted by molar-refractivity contribution is -0.144. The van der Waals surface area contributed by atoms with Crippen molar-refractivity contribution < 1.29 is 14.7 Å². The first-order valence-electron chi connectivity index (χ1n) is 6.69. The molecule has 2 amide bonds. The highest BCUT2D eigenvalue weighted by atomic mass is 16.4. The maximum absolute atomic E-state index is 11.7. The second kappa shape index (κ2) is 7.95. The van der Waals surface area contributed by atoms with E-state index in [1.54, 1.807) is 0 Å². The van der Waals surface area contributed by atoms with Gasteiger partial charge in [-0.25, -0.2) is 9.59 Å². The summed E-state index contributed by atoms with van der Waals surface area (Å²) in [4.78, 5) is 22.8. The lowest BCUT2D eigenvalue weighted by Gasteiger charge is -2.26. The van der Waals surface area contributed by atoms with Crippen LogP contribution in [0.15, 0.2) is 0 Å². The SMILES string of the molecule is CCCC(C)(NC(=O)NCC(CC)CC)C(=O)O. The van der Waals surface area contributed by atoms with Crippen molar-refractivity contribution in [2.24, 2.45) is 5.92 Å². The third-order valence-corrected chi connectivity index (χ3v) is 3.32. The number of carbonyl (C=O) groups is 2. The predicted molar refractivity (Wildman–Crippen MR) is 71.6 cm³/mol. The molecule has 0 saturated carbocycles. The molecule has 0 radical (unpaired) electrons. The molecule has 0 aliphatic carbocycles. The van der Waals surface area contributed by atoms with Gasteiger partial charge in [-0.05, 0) is 19.3 Å². The fourth-order valence-electron chi connectivity index (χ4n) is 1.83. The number of nitrogens with one attached hydrogen (secondary N) is 2. The summed E-state index contributed by atoms with van der Waals surface area (Å²) in [6.07, 6.45) is 3.13. The summed E-state index contributed by atoms with van der Waals surface area (Å²) in [5.74, 6) is -0.556. The van der Waals surface area contributed by atoms with Gasteiger partial charge >= 0.3 is 12.0 Å². The van der Waals surface area contributed by atoms with E-state index in [-0.39, 0.29) is 0 Å². The largest absolute Gasteiger partial charge is 0.480 e. The first-order chi connectivity index (χ1) is 8.39. The van der Waals surface area contributed by atoms with Crippen molar-refractivity contribution in [3.8, 4) is 0 Å². The molecule has 5 heteroatoms. The molecule has 0 aromatic heterocycles. The number of carbonyl (C=O) groups excluding carboxylic acids is 1. The summed E-state index contributed by atoms with van der Waals surface area (Å²) >= 11 is 0. The van der Waals surface area contributed by atoms with E-state index in [2.05, 4.69) is 24.5 Å². The molecular weight excluding hydrogens is 232 g/mol. The van der Waals surface area contributed by atoms with E-state index in [0.717, 1.165) is 12.8 Å². The molecule has 0 bridgehead atoms. The quantitative estimate of drug-likeness (QED) is 0.625. The lowest BCUT2D eigenvalue weighted by Crippen LogP contribution is -2.55. The Morgan fingerprint density at radius 2 is 1.78 bits per heavy atom. The molecule has 106 valence electrons. The van der Waals surface area contributed by atoms with Gasteiger partial charge in [0.2, 0.25) is 0 Å². The maximum Gasteiger partial charge on any atom is 0.329 e. The van der Waals surface area contributed by atoms with Crippen LogP contribution in [0.4, 0.5) is 4.79 Å². The van der Waals surface area contributed by atoms with Crippen LogP contribution in [-0.4, -0.2) is 29.2 Å². The molecule has 0 aromatic rings. The van der Waals surface area contributed by atoms with Crippen molar-refractivity contribution in [2.75, 3.05) is 6.54 Å². The molecule has 0 aromatic carbocycles. The fourth-order valence-corrected chi connectivity index (χ4v) is 1.83. The van der Waals surface area contributed by atoms with Gasteiger partial charge < -0.3 is 15.7 Å². The van der Waals surface area contributed by atoms with Crippen LogP contribution < -0.4 is 10.6 Å². The first-order valence-corrected chi connectivity index (χ1v) is 6.69. The molecule has 0 aliphatic rings. The van der Waals surface area contributed by atoms with Crippen molar-refractivity contribution in [1.29, 1.82) is 0 Å². The van der Waals surface area contributed by atoms with Crippen molar-refractivity contribution in [3.63, 3.8) is 0 Å². The molecular formula is C13H26N2O3. The van der Waals surface area contributed by atoms with Gasteiger partial charge in [0.05, 0.1) is 0 Å². The zero-order chi connectivity index (χ0) is 14.2. The number of rotatable bonds is 8. The normalized spacial score (nSPS) is 14.1. The summed E-state index contributed by atoms with van der Waals surface area (Å²) in [5, 5.41) is 14.4. The van der Waals surface area contributed by atoms with Crippen LogP contribution in [-0.2, 0) is 4.79 Å². The molecule has 0 rings (SSSR count). The Morgan fingerprint density at radius 3 is 2.17 bits per heavy atom. The highest BCUT2D eigenvalue weighted by Gasteiger charge is 2.33. The Morgan fingerprint density at radius 1 is 1.22 bits per heavy atom. The first kappa shape index (κ1) is 16.7. The van der Waals surface area contributed by atoms with E-state index in [4.69, 9.17) is 5.11 Å². The fraction of sp³-hybridized carbons (Fsp3) is 0.846. The molecule has 0 spiro atoms. The van der Waals surface area contributed by atoms with Crippen LogP contribution in [0.1, 0.15) is 53.4 Å². The second-order valence-corrected chi connectivity index (χ2v) is 4.90. The molecule has 1 unspecified atom stereocenters. The molecule has 18 heavy (non-hydrogen) atoms. The predicted octanol–water partition coefficient (Wildman–Crippen LogP) is 2.37. The molecule has 0 heterocycles. The summed E-state index contributed by atoms with van der Waals surface area (Å²) < 4.78 is 0. The Labute approximate surface area is 109 Å². The molecule has 3 N–H and O–H groups in total. The average Bonchev–Trinajstić information content (AvgIpc) is 2.30. The number of hydrogen-bond donors (Lipinski definition) is 3. The van der Waals surface area contributed by atoms with E-state index in [0.29, 0.717) is 25.3 Å². The number of amides is 2. The molecule has 0 fully saturated rings. The standard InChI is InChI=1S/C13H26N2O3/c1-5-8-13(4,11(16)17)15-12(18)14-9-10(6-2)7-3/h10H,5-9H2,1-4H3,(H,16,17)(H2,14,15,18). The summed E-state index contributed by atoms with van der Waals surface area (Å²) in [6, 6.07) is -0.403. The van der Waals surface area contributed by atoms with Gasteiger partial charge in [-0.3, -0.25) is 0 Å². The van der Waals surface area contributed by atoms with Gasteiger partial charge in [-0.1, -0.05) is 40.0 Å². The Kier molecular flexibility index (Phi) is 7.39. The van der Waals surface area contributed by atoms with E-state index < -0.39 is 17.5 Å². The van der Waals surface area contributed by atoms with Crippen LogP contribution in [0.5, 0.6) is 0 Å². The minimum atomic E-state index is -1.19. The van der Waals surface area contributed by atoms with Crippen molar-refractivity contribution in [1.82, 2.24) is 10.6 Å². The smallest absolute Gasteiger partial charge is 0.329 e.